The third-order valence-corrected chi connectivity index (χ3v) is 4.92. The van der Waals surface area contributed by atoms with Crippen LogP contribution >= 0.6 is 11.8 Å². The van der Waals surface area contributed by atoms with E-state index in [1.165, 1.54) is 12.2 Å². The summed E-state index contributed by atoms with van der Waals surface area (Å²) in [5.41, 5.74) is 0.230. The number of carboxylic acids is 1. The standard InChI is InChI=1S/C12H21NO2S/c1-12(2)5-6-16-7-9(12)13-10(11(14)15)8-3-4-8/h8-10,13H,3-7H2,1-2H3,(H,14,15). The van der Waals surface area contributed by atoms with Crippen LogP contribution in [0.2, 0.25) is 0 Å². The van der Waals surface area contributed by atoms with Crippen LogP contribution in [0.1, 0.15) is 33.1 Å². The molecule has 0 bridgehead atoms. The highest BCUT2D eigenvalue weighted by Crippen LogP contribution is 2.37. The molecule has 1 saturated carbocycles. The van der Waals surface area contributed by atoms with Crippen molar-refractivity contribution in [2.45, 2.75) is 45.2 Å². The van der Waals surface area contributed by atoms with Crippen molar-refractivity contribution in [2.75, 3.05) is 11.5 Å². The summed E-state index contributed by atoms with van der Waals surface area (Å²) in [6.45, 7) is 4.49. The van der Waals surface area contributed by atoms with Crippen molar-refractivity contribution < 1.29 is 9.90 Å². The number of hydrogen-bond acceptors (Lipinski definition) is 3. The fraction of sp³-hybridized carbons (Fsp3) is 0.917. The fourth-order valence-electron chi connectivity index (χ4n) is 2.27. The molecule has 0 radical (unpaired) electrons. The Balaban J connectivity index is 1.98. The number of carboxylic acid groups (broad SMARTS) is 1. The molecule has 2 unspecified atom stereocenters. The van der Waals surface area contributed by atoms with E-state index in [0.29, 0.717) is 12.0 Å². The zero-order valence-corrected chi connectivity index (χ0v) is 10.8. The van der Waals surface area contributed by atoms with Gasteiger partial charge in [-0.25, -0.2) is 0 Å². The van der Waals surface area contributed by atoms with E-state index in [9.17, 15) is 9.90 Å². The topological polar surface area (TPSA) is 49.3 Å². The summed E-state index contributed by atoms with van der Waals surface area (Å²) in [5, 5.41) is 12.6. The number of aliphatic carboxylic acids is 1. The van der Waals surface area contributed by atoms with Gasteiger partial charge in [-0.1, -0.05) is 13.8 Å². The Morgan fingerprint density at radius 2 is 2.19 bits per heavy atom. The molecule has 2 aliphatic rings. The molecule has 2 fully saturated rings. The second kappa shape index (κ2) is 4.57. The first-order chi connectivity index (χ1) is 7.50. The average Bonchev–Trinajstić information content (AvgIpc) is 2.98. The fourth-order valence-corrected chi connectivity index (χ4v) is 3.89. The second-order valence-electron chi connectivity index (χ2n) is 5.69. The van der Waals surface area contributed by atoms with E-state index < -0.39 is 5.97 Å². The van der Waals surface area contributed by atoms with Crippen LogP contribution in [0.15, 0.2) is 0 Å². The second-order valence-corrected chi connectivity index (χ2v) is 6.84. The van der Waals surface area contributed by atoms with Crippen LogP contribution in [0.5, 0.6) is 0 Å². The highest BCUT2D eigenvalue weighted by Gasteiger charge is 2.41. The van der Waals surface area contributed by atoms with Gasteiger partial charge in [0.2, 0.25) is 0 Å². The van der Waals surface area contributed by atoms with E-state index in [2.05, 4.69) is 19.2 Å². The zero-order valence-electron chi connectivity index (χ0n) is 10.0. The van der Waals surface area contributed by atoms with Crippen LogP contribution < -0.4 is 5.32 Å². The number of rotatable bonds is 4. The van der Waals surface area contributed by atoms with Gasteiger partial charge < -0.3 is 10.4 Å². The number of thioether (sulfide) groups is 1. The minimum absolute atomic E-state index is 0.230. The minimum atomic E-state index is -0.672. The van der Waals surface area contributed by atoms with Gasteiger partial charge in [0.1, 0.15) is 6.04 Å². The molecule has 1 saturated heterocycles. The van der Waals surface area contributed by atoms with Gasteiger partial charge in [0.25, 0.3) is 0 Å². The molecule has 1 aliphatic heterocycles. The number of hydrogen-bond donors (Lipinski definition) is 2. The molecule has 0 aromatic carbocycles. The SMILES string of the molecule is CC1(C)CCSCC1NC(C(=O)O)C1CC1. The summed E-state index contributed by atoms with van der Waals surface area (Å²) < 4.78 is 0. The van der Waals surface area contributed by atoms with E-state index in [4.69, 9.17) is 0 Å². The van der Waals surface area contributed by atoms with Crippen LogP contribution in [-0.4, -0.2) is 34.7 Å². The van der Waals surface area contributed by atoms with Crippen LogP contribution in [0.4, 0.5) is 0 Å². The lowest BCUT2D eigenvalue weighted by molar-refractivity contribution is -0.140. The smallest absolute Gasteiger partial charge is 0.320 e. The summed E-state index contributed by atoms with van der Waals surface area (Å²) in [6.07, 6.45) is 3.32. The van der Waals surface area contributed by atoms with Gasteiger partial charge in [0.15, 0.2) is 0 Å². The Kier molecular flexibility index (Phi) is 3.50. The monoisotopic (exact) mass is 243 g/mol. The van der Waals surface area contributed by atoms with Crippen LogP contribution in [0, 0.1) is 11.3 Å². The molecule has 1 heterocycles. The molecule has 3 nitrogen and oxygen atoms in total. The minimum Gasteiger partial charge on any atom is -0.480 e. The first-order valence-corrected chi connectivity index (χ1v) is 7.23. The number of nitrogens with one attached hydrogen (secondary N) is 1. The lowest BCUT2D eigenvalue weighted by atomic mass is 9.81. The van der Waals surface area contributed by atoms with Crippen molar-refractivity contribution in [1.82, 2.24) is 5.32 Å². The molecule has 0 spiro atoms. The number of carbonyl (C=O) groups is 1. The van der Waals surface area contributed by atoms with Crippen molar-refractivity contribution in [3.63, 3.8) is 0 Å². The van der Waals surface area contributed by atoms with Gasteiger partial charge in [0, 0.05) is 11.8 Å². The van der Waals surface area contributed by atoms with Crippen molar-refractivity contribution in [3.05, 3.63) is 0 Å². The Morgan fingerprint density at radius 1 is 1.50 bits per heavy atom. The quantitative estimate of drug-likeness (QED) is 0.792. The van der Waals surface area contributed by atoms with E-state index >= 15 is 0 Å². The van der Waals surface area contributed by atoms with Crippen molar-refractivity contribution in [2.24, 2.45) is 11.3 Å². The van der Waals surface area contributed by atoms with Crippen molar-refractivity contribution in [1.29, 1.82) is 0 Å². The molecular weight excluding hydrogens is 222 g/mol. The lowest BCUT2D eigenvalue weighted by Gasteiger charge is -2.40. The molecule has 0 aromatic heterocycles. The predicted octanol–water partition coefficient (Wildman–Crippen LogP) is 1.97. The van der Waals surface area contributed by atoms with Gasteiger partial charge >= 0.3 is 5.97 Å². The summed E-state index contributed by atoms with van der Waals surface area (Å²) in [4.78, 5) is 11.2. The van der Waals surface area contributed by atoms with Crippen LogP contribution in [0.25, 0.3) is 0 Å². The summed E-state index contributed by atoms with van der Waals surface area (Å²) in [5.74, 6) is 1.95. The Morgan fingerprint density at radius 3 is 2.69 bits per heavy atom. The molecule has 2 atom stereocenters. The Hall–Kier alpha value is -0.220. The molecule has 2 rings (SSSR count). The van der Waals surface area contributed by atoms with Gasteiger partial charge in [-0.2, -0.15) is 11.8 Å². The van der Waals surface area contributed by atoms with Gasteiger partial charge in [-0.15, -0.1) is 0 Å². The molecule has 16 heavy (non-hydrogen) atoms. The molecule has 2 N–H and O–H groups in total. The average molecular weight is 243 g/mol. The molecule has 92 valence electrons. The first kappa shape index (κ1) is 12.2. The Labute approximate surface area is 101 Å². The van der Waals surface area contributed by atoms with Gasteiger partial charge in [-0.05, 0) is 36.3 Å². The van der Waals surface area contributed by atoms with Crippen LogP contribution in [0.3, 0.4) is 0 Å². The zero-order chi connectivity index (χ0) is 11.8. The van der Waals surface area contributed by atoms with E-state index in [1.54, 1.807) is 0 Å². The van der Waals surface area contributed by atoms with Gasteiger partial charge in [-0.3, -0.25) is 4.79 Å². The van der Waals surface area contributed by atoms with E-state index in [-0.39, 0.29) is 11.5 Å². The largest absolute Gasteiger partial charge is 0.480 e. The van der Waals surface area contributed by atoms with Crippen molar-refractivity contribution in [3.8, 4) is 0 Å². The maximum atomic E-state index is 11.2. The molecule has 0 aromatic rings. The highest BCUT2D eigenvalue weighted by atomic mass is 32.2. The van der Waals surface area contributed by atoms with E-state index in [0.717, 1.165) is 18.6 Å². The first-order valence-electron chi connectivity index (χ1n) is 6.07. The Bertz CT molecular complexity index is 276. The summed E-state index contributed by atoms with van der Waals surface area (Å²) in [6, 6.07) is 0.0240. The maximum absolute atomic E-state index is 11.2. The summed E-state index contributed by atoms with van der Waals surface area (Å²) in [7, 11) is 0. The summed E-state index contributed by atoms with van der Waals surface area (Å²) >= 11 is 1.94. The molecule has 4 heteroatoms. The van der Waals surface area contributed by atoms with E-state index in [1.807, 2.05) is 11.8 Å². The predicted molar refractivity (Wildman–Crippen MR) is 66.8 cm³/mol. The highest BCUT2D eigenvalue weighted by molar-refractivity contribution is 7.99. The normalized spacial score (nSPS) is 31.0. The molecule has 1 aliphatic carbocycles. The van der Waals surface area contributed by atoms with Crippen LogP contribution in [-0.2, 0) is 4.79 Å². The van der Waals surface area contributed by atoms with Crippen molar-refractivity contribution >= 4 is 17.7 Å². The maximum Gasteiger partial charge on any atom is 0.320 e. The van der Waals surface area contributed by atoms with Gasteiger partial charge in [0.05, 0.1) is 0 Å². The lowest BCUT2D eigenvalue weighted by Crippen LogP contribution is -2.53. The third kappa shape index (κ3) is 2.72. The molecular formula is C12H21NO2S. The third-order valence-electron chi connectivity index (χ3n) is 3.86. The molecule has 0 amide bonds.